The van der Waals surface area contributed by atoms with Gasteiger partial charge in [0.2, 0.25) is 0 Å². The van der Waals surface area contributed by atoms with E-state index < -0.39 is 0 Å². The van der Waals surface area contributed by atoms with Crippen molar-refractivity contribution in [2.24, 2.45) is 5.92 Å². The van der Waals surface area contributed by atoms with Crippen LogP contribution in [0.1, 0.15) is 40.9 Å². The van der Waals surface area contributed by atoms with Gasteiger partial charge in [-0.2, -0.15) is 0 Å². The van der Waals surface area contributed by atoms with Gasteiger partial charge in [0.1, 0.15) is 6.10 Å². The quantitative estimate of drug-likeness (QED) is 0.484. The summed E-state index contributed by atoms with van der Waals surface area (Å²) < 4.78 is 6.00. The van der Waals surface area contributed by atoms with Gasteiger partial charge in [0.25, 0.3) is 0 Å². The molecule has 0 saturated carbocycles. The van der Waals surface area contributed by atoms with Crippen LogP contribution in [0, 0.1) is 5.92 Å². The summed E-state index contributed by atoms with van der Waals surface area (Å²) in [4.78, 5) is 12.9. The van der Waals surface area contributed by atoms with E-state index in [1.165, 1.54) is 0 Å². The third kappa shape index (κ3) is 4.07. The second kappa shape index (κ2) is 8.32. The lowest BCUT2D eigenvalue weighted by atomic mass is 9.86. The Morgan fingerprint density at radius 2 is 1.24 bits per heavy atom. The van der Waals surface area contributed by atoms with E-state index in [2.05, 4.69) is 50.3 Å². The van der Waals surface area contributed by atoms with E-state index in [0.29, 0.717) is 5.56 Å². The smallest absolute Gasteiger partial charge is 0.339 e. The van der Waals surface area contributed by atoms with Crippen molar-refractivity contribution in [3.63, 3.8) is 0 Å². The minimum Gasteiger partial charge on any atom is -0.454 e. The van der Waals surface area contributed by atoms with E-state index in [0.717, 1.165) is 27.8 Å². The molecule has 0 amide bonds. The summed E-state index contributed by atoms with van der Waals surface area (Å²) in [6.45, 7) is 4.18. The molecular formula is C27H24O2. The highest BCUT2D eigenvalue weighted by atomic mass is 16.5. The number of esters is 1. The summed E-state index contributed by atoms with van der Waals surface area (Å²) >= 11 is 0. The average Bonchev–Trinajstić information content (AvgIpc) is 2.86. The van der Waals surface area contributed by atoms with Gasteiger partial charge in [-0.25, -0.2) is 4.79 Å². The SMILES string of the molecule is CC(C)[C@@H]1OC(=O)c2ccccc2C(=C\c2ccccc2)/C1=C\c1ccccc1. The highest BCUT2D eigenvalue weighted by molar-refractivity contribution is 6.05. The van der Waals surface area contributed by atoms with Crippen LogP contribution in [0.4, 0.5) is 0 Å². The van der Waals surface area contributed by atoms with E-state index in [1.54, 1.807) is 0 Å². The molecule has 1 aliphatic rings. The minimum absolute atomic E-state index is 0.141. The van der Waals surface area contributed by atoms with Crippen molar-refractivity contribution in [3.8, 4) is 0 Å². The number of hydrogen-bond acceptors (Lipinski definition) is 2. The van der Waals surface area contributed by atoms with Gasteiger partial charge in [-0.3, -0.25) is 0 Å². The number of hydrogen-bond donors (Lipinski definition) is 0. The van der Waals surface area contributed by atoms with Crippen molar-refractivity contribution in [1.82, 2.24) is 0 Å². The molecule has 144 valence electrons. The van der Waals surface area contributed by atoms with Crippen molar-refractivity contribution in [2.45, 2.75) is 20.0 Å². The van der Waals surface area contributed by atoms with E-state index in [1.807, 2.05) is 60.7 Å². The van der Waals surface area contributed by atoms with Crippen molar-refractivity contribution >= 4 is 23.7 Å². The van der Waals surface area contributed by atoms with Crippen molar-refractivity contribution in [3.05, 3.63) is 113 Å². The van der Waals surface area contributed by atoms with Gasteiger partial charge >= 0.3 is 5.97 Å². The molecule has 2 heteroatoms. The first kappa shape index (κ1) is 18.9. The van der Waals surface area contributed by atoms with Gasteiger partial charge < -0.3 is 4.74 Å². The summed E-state index contributed by atoms with van der Waals surface area (Å²) in [5.41, 5.74) is 5.74. The summed E-state index contributed by atoms with van der Waals surface area (Å²) in [5.74, 6) is -0.128. The second-order valence-corrected chi connectivity index (χ2v) is 7.59. The van der Waals surface area contributed by atoms with Gasteiger partial charge in [-0.05, 0) is 46.4 Å². The van der Waals surface area contributed by atoms with Gasteiger partial charge in [-0.15, -0.1) is 0 Å². The Bertz CT molecular complexity index is 1060. The topological polar surface area (TPSA) is 26.3 Å². The predicted octanol–water partition coefficient (Wildman–Crippen LogP) is 6.51. The summed E-state index contributed by atoms with van der Waals surface area (Å²) in [7, 11) is 0. The molecule has 29 heavy (non-hydrogen) atoms. The molecule has 0 aromatic heterocycles. The van der Waals surface area contributed by atoms with Crippen LogP contribution in [0.5, 0.6) is 0 Å². The molecule has 0 saturated heterocycles. The zero-order valence-electron chi connectivity index (χ0n) is 16.7. The fraction of sp³-hybridized carbons (Fsp3) is 0.148. The number of rotatable bonds is 3. The normalized spacial score (nSPS) is 19.1. The Morgan fingerprint density at radius 1 is 0.724 bits per heavy atom. The summed E-state index contributed by atoms with van der Waals surface area (Å²) in [6.07, 6.45) is 3.98. The Balaban J connectivity index is 2.00. The average molecular weight is 380 g/mol. The molecule has 0 radical (unpaired) electrons. The third-order valence-electron chi connectivity index (χ3n) is 5.13. The maximum absolute atomic E-state index is 12.9. The second-order valence-electron chi connectivity index (χ2n) is 7.59. The first-order chi connectivity index (χ1) is 14.1. The fourth-order valence-corrected chi connectivity index (χ4v) is 3.71. The molecule has 0 unspecified atom stereocenters. The van der Waals surface area contributed by atoms with Crippen molar-refractivity contribution in [2.75, 3.05) is 0 Å². The summed E-state index contributed by atoms with van der Waals surface area (Å²) in [6, 6.07) is 28.1. The fourth-order valence-electron chi connectivity index (χ4n) is 3.71. The van der Waals surface area contributed by atoms with Gasteiger partial charge in [0.15, 0.2) is 0 Å². The predicted molar refractivity (Wildman–Crippen MR) is 119 cm³/mol. The monoisotopic (exact) mass is 380 g/mol. The van der Waals surface area contributed by atoms with Crippen LogP contribution in [-0.4, -0.2) is 12.1 Å². The standard InChI is InChI=1S/C27H24O2/c1-19(2)26-25(18-21-13-7-4-8-14-21)24(17-20-11-5-3-6-12-20)22-15-9-10-16-23(22)27(28)29-26/h3-19,26H,1-2H3/b24-17+,25-18+/t26-/m0/s1. The molecule has 0 bridgehead atoms. The number of ether oxygens (including phenoxy) is 1. The van der Waals surface area contributed by atoms with Gasteiger partial charge in [0, 0.05) is 5.57 Å². The van der Waals surface area contributed by atoms with Crippen LogP contribution in [-0.2, 0) is 4.74 Å². The van der Waals surface area contributed by atoms with Crippen molar-refractivity contribution in [1.29, 1.82) is 0 Å². The number of carbonyl (C=O) groups is 1. The molecule has 1 atom stereocenters. The Morgan fingerprint density at radius 3 is 1.83 bits per heavy atom. The zero-order valence-corrected chi connectivity index (χ0v) is 16.7. The van der Waals surface area contributed by atoms with Crippen LogP contribution >= 0.6 is 0 Å². The number of benzene rings is 3. The number of cyclic esters (lactones) is 1. The van der Waals surface area contributed by atoms with Crippen LogP contribution in [0.3, 0.4) is 0 Å². The van der Waals surface area contributed by atoms with Crippen LogP contribution in [0.2, 0.25) is 0 Å². The molecule has 4 rings (SSSR count). The molecule has 0 aliphatic carbocycles. The summed E-state index contributed by atoms with van der Waals surface area (Å²) in [5, 5.41) is 0. The van der Waals surface area contributed by atoms with Crippen LogP contribution in [0.25, 0.3) is 17.7 Å². The molecular weight excluding hydrogens is 356 g/mol. The van der Waals surface area contributed by atoms with E-state index in [4.69, 9.17) is 4.74 Å². The van der Waals surface area contributed by atoms with Gasteiger partial charge in [0.05, 0.1) is 5.56 Å². The van der Waals surface area contributed by atoms with Crippen molar-refractivity contribution < 1.29 is 9.53 Å². The number of fused-ring (bicyclic) bond motifs is 1. The molecule has 0 spiro atoms. The number of carbonyl (C=O) groups excluding carboxylic acids is 1. The highest BCUT2D eigenvalue weighted by Gasteiger charge is 2.32. The largest absolute Gasteiger partial charge is 0.454 e. The molecule has 3 aromatic rings. The molecule has 2 nitrogen and oxygen atoms in total. The molecule has 1 aliphatic heterocycles. The lowest BCUT2D eigenvalue weighted by Crippen LogP contribution is -2.24. The highest BCUT2D eigenvalue weighted by Crippen LogP contribution is 2.38. The molecule has 1 heterocycles. The minimum atomic E-state index is -0.329. The van der Waals surface area contributed by atoms with E-state index in [9.17, 15) is 4.79 Å². The van der Waals surface area contributed by atoms with Crippen LogP contribution < -0.4 is 0 Å². The maximum atomic E-state index is 12.9. The third-order valence-corrected chi connectivity index (χ3v) is 5.13. The first-order valence-corrected chi connectivity index (χ1v) is 9.97. The zero-order chi connectivity index (χ0) is 20.2. The van der Waals surface area contributed by atoms with E-state index in [-0.39, 0.29) is 18.0 Å². The molecule has 0 N–H and O–H groups in total. The Labute approximate surface area is 172 Å². The molecule has 3 aromatic carbocycles. The lowest BCUT2D eigenvalue weighted by Gasteiger charge is -2.23. The van der Waals surface area contributed by atoms with Crippen LogP contribution in [0.15, 0.2) is 90.5 Å². The Kier molecular flexibility index (Phi) is 5.44. The lowest BCUT2D eigenvalue weighted by molar-refractivity contribution is 0.0301. The molecule has 0 fully saturated rings. The first-order valence-electron chi connectivity index (χ1n) is 9.97. The Hall–Kier alpha value is -3.39. The van der Waals surface area contributed by atoms with Gasteiger partial charge in [-0.1, -0.05) is 92.7 Å². The van der Waals surface area contributed by atoms with E-state index >= 15 is 0 Å². The maximum Gasteiger partial charge on any atom is 0.339 e.